The predicted octanol–water partition coefficient (Wildman–Crippen LogP) is 3.73. The number of hydrogen-bond donors (Lipinski definition) is 1. The fraction of sp³-hybridized carbons (Fsp3) is 0.263. The first kappa shape index (κ1) is 15.4. The molecule has 1 aliphatic carbocycles. The third kappa shape index (κ3) is 2.35. The zero-order valence-electron chi connectivity index (χ0n) is 13.1. The van der Waals surface area contributed by atoms with Crippen LogP contribution in [0.5, 0.6) is 0 Å². The number of carbonyl (C=O) groups is 2. The van der Waals surface area contributed by atoms with Crippen molar-refractivity contribution in [2.75, 3.05) is 0 Å². The number of amides is 3. The summed E-state index contributed by atoms with van der Waals surface area (Å²) in [7, 11) is 0. The standard InChI is InChI=1S/C19H17BrN2O2/c20-15-9-7-13(8-10-15)12-22-17(23)19(21-18(22)24)11-3-5-14-4-1-2-6-16(14)19/h1-2,4,6-10H,3,5,11-12H2,(H,21,24)/t19-/m1/s1. The second-order valence-electron chi connectivity index (χ2n) is 6.36. The van der Waals surface area contributed by atoms with Gasteiger partial charge in [-0.05, 0) is 48.1 Å². The van der Waals surface area contributed by atoms with E-state index in [4.69, 9.17) is 0 Å². The minimum absolute atomic E-state index is 0.137. The molecular weight excluding hydrogens is 368 g/mol. The van der Waals surface area contributed by atoms with E-state index in [0.717, 1.165) is 34.0 Å². The molecule has 4 nitrogen and oxygen atoms in total. The molecule has 5 heteroatoms. The van der Waals surface area contributed by atoms with Gasteiger partial charge in [-0.25, -0.2) is 4.79 Å². The van der Waals surface area contributed by atoms with Crippen LogP contribution in [0.1, 0.15) is 29.5 Å². The van der Waals surface area contributed by atoms with Gasteiger partial charge in [0.15, 0.2) is 0 Å². The lowest BCUT2D eigenvalue weighted by Crippen LogP contribution is -2.46. The Kier molecular flexibility index (Phi) is 3.68. The van der Waals surface area contributed by atoms with Crippen molar-refractivity contribution in [3.8, 4) is 0 Å². The van der Waals surface area contributed by atoms with E-state index in [1.165, 1.54) is 4.90 Å². The zero-order chi connectivity index (χ0) is 16.7. The topological polar surface area (TPSA) is 49.4 Å². The highest BCUT2D eigenvalue weighted by Gasteiger charge is 2.53. The lowest BCUT2D eigenvalue weighted by molar-refractivity contribution is -0.132. The lowest BCUT2D eigenvalue weighted by Gasteiger charge is -2.33. The molecule has 1 heterocycles. The van der Waals surface area contributed by atoms with E-state index < -0.39 is 5.54 Å². The van der Waals surface area contributed by atoms with Crippen molar-refractivity contribution < 1.29 is 9.59 Å². The van der Waals surface area contributed by atoms with Crippen LogP contribution in [0, 0.1) is 0 Å². The summed E-state index contributed by atoms with van der Waals surface area (Å²) in [6.45, 7) is 0.294. The highest BCUT2D eigenvalue weighted by atomic mass is 79.9. The molecule has 4 rings (SSSR count). The van der Waals surface area contributed by atoms with Gasteiger partial charge in [-0.2, -0.15) is 0 Å². The van der Waals surface area contributed by atoms with Crippen molar-refractivity contribution in [1.82, 2.24) is 10.2 Å². The molecule has 1 saturated heterocycles. The second-order valence-corrected chi connectivity index (χ2v) is 7.28. The molecule has 1 atom stereocenters. The Morgan fingerprint density at radius 1 is 1.08 bits per heavy atom. The third-order valence-corrected chi connectivity index (χ3v) is 5.43. The number of benzene rings is 2. The largest absolute Gasteiger partial charge is 0.325 e. The van der Waals surface area contributed by atoms with Gasteiger partial charge in [-0.1, -0.05) is 52.3 Å². The van der Waals surface area contributed by atoms with Crippen molar-refractivity contribution in [2.45, 2.75) is 31.3 Å². The van der Waals surface area contributed by atoms with Gasteiger partial charge < -0.3 is 5.32 Å². The molecule has 2 aromatic rings. The molecule has 0 unspecified atom stereocenters. The van der Waals surface area contributed by atoms with Crippen molar-refractivity contribution in [3.05, 3.63) is 69.7 Å². The first-order valence-corrected chi connectivity index (χ1v) is 8.86. The highest BCUT2D eigenvalue weighted by molar-refractivity contribution is 9.10. The van der Waals surface area contributed by atoms with Crippen LogP contribution in [-0.4, -0.2) is 16.8 Å². The highest BCUT2D eigenvalue weighted by Crippen LogP contribution is 2.40. The zero-order valence-corrected chi connectivity index (χ0v) is 14.7. The molecular formula is C19H17BrN2O2. The number of rotatable bonds is 2. The molecule has 122 valence electrons. The Labute approximate surface area is 149 Å². The number of nitrogens with one attached hydrogen (secondary N) is 1. The first-order valence-electron chi connectivity index (χ1n) is 8.07. The van der Waals surface area contributed by atoms with Crippen LogP contribution in [0.4, 0.5) is 4.79 Å². The molecule has 3 amide bonds. The Morgan fingerprint density at radius 3 is 2.62 bits per heavy atom. The first-order chi connectivity index (χ1) is 11.6. The van der Waals surface area contributed by atoms with E-state index in [2.05, 4.69) is 21.2 Å². The maximum absolute atomic E-state index is 13.2. The number of urea groups is 1. The van der Waals surface area contributed by atoms with E-state index in [1.807, 2.05) is 48.5 Å². The average Bonchev–Trinajstić information content (AvgIpc) is 2.82. The number of imide groups is 1. The molecule has 0 radical (unpaired) electrons. The van der Waals surface area contributed by atoms with E-state index in [9.17, 15) is 9.59 Å². The number of fused-ring (bicyclic) bond motifs is 2. The Hall–Kier alpha value is -2.14. The van der Waals surface area contributed by atoms with Crippen LogP contribution in [0.3, 0.4) is 0 Å². The number of hydrogen-bond acceptors (Lipinski definition) is 2. The van der Waals surface area contributed by atoms with Crippen molar-refractivity contribution in [1.29, 1.82) is 0 Å². The van der Waals surface area contributed by atoms with Crippen molar-refractivity contribution in [3.63, 3.8) is 0 Å². The summed E-state index contributed by atoms with van der Waals surface area (Å²) < 4.78 is 0.973. The van der Waals surface area contributed by atoms with Gasteiger partial charge in [0.2, 0.25) is 0 Å². The summed E-state index contributed by atoms with van der Waals surface area (Å²) in [6.07, 6.45) is 2.51. The predicted molar refractivity (Wildman–Crippen MR) is 94.3 cm³/mol. The number of carbonyl (C=O) groups excluding carboxylic acids is 2. The van der Waals surface area contributed by atoms with Gasteiger partial charge >= 0.3 is 6.03 Å². The summed E-state index contributed by atoms with van der Waals surface area (Å²) in [6, 6.07) is 15.3. The number of halogens is 1. The Bertz CT molecular complexity index is 818. The lowest BCUT2D eigenvalue weighted by atomic mass is 9.76. The smallest absolute Gasteiger partial charge is 0.319 e. The fourth-order valence-corrected chi connectivity index (χ4v) is 3.99. The number of nitrogens with zero attached hydrogens (tertiary/aromatic N) is 1. The van der Waals surface area contributed by atoms with Gasteiger partial charge in [0.05, 0.1) is 6.54 Å². The van der Waals surface area contributed by atoms with Gasteiger partial charge in [0, 0.05) is 4.47 Å². The average molecular weight is 385 g/mol. The minimum Gasteiger partial charge on any atom is -0.319 e. The Balaban J connectivity index is 1.68. The summed E-state index contributed by atoms with van der Waals surface area (Å²) in [5.41, 5.74) is 2.15. The SMILES string of the molecule is O=C1N[C@@]2(CCCc3ccccc32)C(=O)N1Cc1ccc(Br)cc1. The molecule has 1 fully saturated rings. The van der Waals surface area contributed by atoms with Gasteiger partial charge in [-0.15, -0.1) is 0 Å². The molecule has 0 saturated carbocycles. The maximum Gasteiger partial charge on any atom is 0.325 e. The normalized spacial score (nSPS) is 22.6. The molecule has 2 aromatic carbocycles. The summed E-state index contributed by atoms with van der Waals surface area (Å²) in [5.74, 6) is -0.137. The molecule has 0 bridgehead atoms. The molecule has 1 N–H and O–H groups in total. The Morgan fingerprint density at radius 2 is 1.83 bits per heavy atom. The summed E-state index contributed by atoms with van der Waals surface area (Å²) in [4.78, 5) is 27.0. The van der Waals surface area contributed by atoms with Crippen LogP contribution in [0.2, 0.25) is 0 Å². The molecule has 0 aromatic heterocycles. The molecule has 2 aliphatic rings. The van der Waals surface area contributed by atoms with Crippen LogP contribution in [0.15, 0.2) is 53.0 Å². The summed E-state index contributed by atoms with van der Waals surface area (Å²) >= 11 is 3.40. The maximum atomic E-state index is 13.2. The van der Waals surface area contributed by atoms with Crippen molar-refractivity contribution >= 4 is 27.9 Å². The van der Waals surface area contributed by atoms with Crippen LogP contribution in [-0.2, 0) is 23.3 Å². The van der Waals surface area contributed by atoms with Crippen molar-refractivity contribution in [2.24, 2.45) is 0 Å². The molecule has 1 aliphatic heterocycles. The van der Waals surface area contributed by atoms with E-state index >= 15 is 0 Å². The van der Waals surface area contributed by atoms with Crippen LogP contribution in [0.25, 0.3) is 0 Å². The monoisotopic (exact) mass is 384 g/mol. The second kappa shape index (κ2) is 5.74. The molecule has 1 spiro atoms. The van der Waals surface area contributed by atoms with E-state index in [1.54, 1.807) is 0 Å². The van der Waals surface area contributed by atoms with Gasteiger partial charge in [0.25, 0.3) is 5.91 Å². The van der Waals surface area contributed by atoms with E-state index in [0.29, 0.717) is 13.0 Å². The van der Waals surface area contributed by atoms with Gasteiger partial charge in [0.1, 0.15) is 5.54 Å². The van der Waals surface area contributed by atoms with E-state index in [-0.39, 0.29) is 11.9 Å². The third-order valence-electron chi connectivity index (χ3n) is 4.90. The van der Waals surface area contributed by atoms with Crippen LogP contribution < -0.4 is 5.32 Å². The quantitative estimate of drug-likeness (QED) is 0.801. The van der Waals surface area contributed by atoms with Crippen LogP contribution >= 0.6 is 15.9 Å². The minimum atomic E-state index is -0.888. The fourth-order valence-electron chi connectivity index (χ4n) is 3.73. The number of aryl methyl sites for hydroxylation is 1. The summed E-state index contributed by atoms with van der Waals surface area (Å²) in [5, 5.41) is 2.99. The van der Waals surface area contributed by atoms with Gasteiger partial charge in [-0.3, -0.25) is 9.69 Å². The molecule has 24 heavy (non-hydrogen) atoms.